The van der Waals surface area contributed by atoms with Crippen LogP contribution in [-0.2, 0) is 0 Å². The van der Waals surface area contributed by atoms with Crippen molar-refractivity contribution in [3.05, 3.63) is 23.3 Å². The molecule has 0 heterocycles. The van der Waals surface area contributed by atoms with Gasteiger partial charge in [0.25, 0.3) is 0 Å². The Balaban J connectivity index is 2.53. The summed E-state index contributed by atoms with van der Waals surface area (Å²) in [6, 6.07) is 0. The van der Waals surface area contributed by atoms with Crippen LogP contribution in [0.15, 0.2) is 23.3 Å². The first kappa shape index (κ1) is 9.57. The van der Waals surface area contributed by atoms with E-state index in [9.17, 15) is 0 Å². The van der Waals surface area contributed by atoms with E-state index in [-0.39, 0.29) is 0 Å². The monoisotopic (exact) mass is 164 g/mol. The lowest BCUT2D eigenvalue weighted by atomic mass is 9.93. The van der Waals surface area contributed by atoms with Gasteiger partial charge in [-0.3, -0.25) is 0 Å². The summed E-state index contributed by atoms with van der Waals surface area (Å²) in [6.45, 7) is 4.37. The highest BCUT2D eigenvalue weighted by Crippen LogP contribution is 2.24. The molecule has 0 atom stereocenters. The molecule has 0 nitrogen and oxygen atoms in total. The lowest BCUT2D eigenvalue weighted by Gasteiger charge is -2.13. The molecule has 0 aliphatic heterocycles. The highest BCUT2D eigenvalue weighted by molar-refractivity contribution is 5.23. The summed E-state index contributed by atoms with van der Waals surface area (Å²) in [5, 5.41) is 0. The van der Waals surface area contributed by atoms with Crippen molar-refractivity contribution in [2.24, 2.45) is 0 Å². The topological polar surface area (TPSA) is 0 Å². The van der Waals surface area contributed by atoms with Crippen molar-refractivity contribution in [2.45, 2.75) is 52.4 Å². The first-order valence-electron chi connectivity index (χ1n) is 5.21. The Morgan fingerprint density at radius 3 is 2.42 bits per heavy atom. The van der Waals surface area contributed by atoms with Gasteiger partial charge in [-0.25, -0.2) is 0 Å². The maximum absolute atomic E-state index is 2.42. The van der Waals surface area contributed by atoms with Crippen LogP contribution in [0.25, 0.3) is 0 Å². The third kappa shape index (κ3) is 2.84. The largest absolute Gasteiger partial charge is 0.0845 e. The Kier molecular flexibility index (Phi) is 4.13. The molecule has 1 saturated carbocycles. The first-order valence-corrected chi connectivity index (χ1v) is 5.21. The standard InChI is InChI=1S/C12H20/c1-3-11(4-2)10-12-8-6-5-7-9-12/h3,10H,4-9H2,1-2H3/b11-3-. The normalized spacial score (nSPS) is 19.5. The van der Waals surface area contributed by atoms with Crippen molar-refractivity contribution in [3.63, 3.8) is 0 Å². The molecule has 1 rings (SSSR count). The van der Waals surface area contributed by atoms with Crippen LogP contribution in [-0.4, -0.2) is 0 Å². The molecule has 0 aromatic heterocycles. The third-order valence-corrected chi connectivity index (χ3v) is 2.66. The first-order chi connectivity index (χ1) is 5.86. The number of hydrogen-bond donors (Lipinski definition) is 0. The molecule has 0 saturated heterocycles. The Bertz CT molecular complexity index is 176. The smallest absolute Gasteiger partial charge is 0.0311 e. The van der Waals surface area contributed by atoms with Crippen molar-refractivity contribution in [1.29, 1.82) is 0 Å². The van der Waals surface area contributed by atoms with Crippen LogP contribution in [0, 0.1) is 0 Å². The highest BCUT2D eigenvalue weighted by Gasteiger charge is 2.04. The second-order valence-corrected chi connectivity index (χ2v) is 3.58. The summed E-state index contributed by atoms with van der Waals surface area (Å²) in [4.78, 5) is 0. The summed E-state index contributed by atoms with van der Waals surface area (Å²) in [5.74, 6) is 0. The summed E-state index contributed by atoms with van der Waals surface area (Å²) in [5.41, 5.74) is 3.18. The van der Waals surface area contributed by atoms with Crippen molar-refractivity contribution < 1.29 is 0 Å². The number of allylic oxidation sites excluding steroid dienone is 4. The minimum atomic E-state index is 1.18. The molecular formula is C12H20. The van der Waals surface area contributed by atoms with Gasteiger partial charge in [0.1, 0.15) is 0 Å². The number of hydrogen-bond acceptors (Lipinski definition) is 0. The fourth-order valence-corrected chi connectivity index (χ4v) is 1.80. The van der Waals surface area contributed by atoms with E-state index in [1.807, 2.05) is 0 Å². The number of rotatable bonds is 2. The molecule has 0 N–H and O–H groups in total. The second-order valence-electron chi connectivity index (χ2n) is 3.58. The van der Waals surface area contributed by atoms with Gasteiger partial charge in [-0.05, 0) is 39.0 Å². The predicted octanol–water partition coefficient (Wildman–Crippen LogP) is 4.23. The molecule has 0 unspecified atom stereocenters. The van der Waals surface area contributed by atoms with E-state index in [0.29, 0.717) is 0 Å². The van der Waals surface area contributed by atoms with E-state index in [2.05, 4.69) is 26.0 Å². The molecule has 0 aromatic carbocycles. The van der Waals surface area contributed by atoms with Gasteiger partial charge in [-0.1, -0.05) is 36.6 Å². The van der Waals surface area contributed by atoms with E-state index >= 15 is 0 Å². The molecular weight excluding hydrogens is 144 g/mol. The molecule has 1 fully saturated rings. The van der Waals surface area contributed by atoms with Crippen LogP contribution in [0.2, 0.25) is 0 Å². The minimum absolute atomic E-state index is 1.18. The van der Waals surface area contributed by atoms with Crippen LogP contribution in [0.1, 0.15) is 52.4 Å². The van der Waals surface area contributed by atoms with Crippen LogP contribution >= 0.6 is 0 Å². The zero-order chi connectivity index (χ0) is 8.81. The van der Waals surface area contributed by atoms with Crippen LogP contribution in [0.3, 0.4) is 0 Å². The van der Waals surface area contributed by atoms with Crippen LogP contribution in [0.4, 0.5) is 0 Å². The molecule has 12 heavy (non-hydrogen) atoms. The average Bonchev–Trinajstić information content (AvgIpc) is 2.16. The Morgan fingerprint density at radius 1 is 1.25 bits per heavy atom. The lowest BCUT2D eigenvalue weighted by molar-refractivity contribution is 0.598. The van der Waals surface area contributed by atoms with Gasteiger partial charge in [0.05, 0.1) is 0 Å². The van der Waals surface area contributed by atoms with Gasteiger partial charge < -0.3 is 0 Å². The van der Waals surface area contributed by atoms with Crippen molar-refractivity contribution in [3.8, 4) is 0 Å². The van der Waals surface area contributed by atoms with Gasteiger partial charge in [-0.15, -0.1) is 0 Å². The van der Waals surface area contributed by atoms with Gasteiger partial charge in [0.2, 0.25) is 0 Å². The third-order valence-electron chi connectivity index (χ3n) is 2.66. The van der Waals surface area contributed by atoms with Crippen LogP contribution < -0.4 is 0 Å². The predicted molar refractivity (Wildman–Crippen MR) is 55.2 cm³/mol. The highest BCUT2D eigenvalue weighted by atomic mass is 14.1. The molecule has 0 spiro atoms. The summed E-state index contributed by atoms with van der Waals surface area (Å²) in [7, 11) is 0. The van der Waals surface area contributed by atoms with Gasteiger partial charge in [0.15, 0.2) is 0 Å². The van der Waals surface area contributed by atoms with Crippen molar-refractivity contribution in [1.82, 2.24) is 0 Å². The molecule has 68 valence electrons. The summed E-state index contributed by atoms with van der Waals surface area (Å²) >= 11 is 0. The van der Waals surface area contributed by atoms with E-state index < -0.39 is 0 Å². The van der Waals surface area contributed by atoms with Crippen molar-refractivity contribution >= 4 is 0 Å². The molecule has 0 amide bonds. The van der Waals surface area contributed by atoms with E-state index in [4.69, 9.17) is 0 Å². The van der Waals surface area contributed by atoms with Crippen LogP contribution in [0.5, 0.6) is 0 Å². The fourth-order valence-electron chi connectivity index (χ4n) is 1.80. The van der Waals surface area contributed by atoms with Crippen molar-refractivity contribution in [2.75, 3.05) is 0 Å². The molecule has 1 aliphatic carbocycles. The summed E-state index contributed by atoms with van der Waals surface area (Å²) in [6.07, 6.45) is 12.8. The summed E-state index contributed by atoms with van der Waals surface area (Å²) < 4.78 is 0. The minimum Gasteiger partial charge on any atom is -0.0845 e. The lowest BCUT2D eigenvalue weighted by Crippen LogP contribution is -1.94. The Labute approximate surface area is 76.4 Å². The second kappa shape index (κ2) is 5.18. The van der Waals surface area contributed by atoms with E-state index in [1.54, 1.807) is 5.57 Å². The zero-order valence-electron chi connectivity index (χ0n) is 8.40. The molecule has 1 aliphatic rings. The van der Waals surface area contributed by atoms with E-state index in [0.717, 1.165) is 0 Å². The Hall–Kier alpha value is -0.520. The molecule has 0 aromatic rings. The fraction of sp³-hybridized carbons (Fsp3) is 0.667. The maximum Gasteiger partial charge on any atom is -0.0311 e. The molecule has 0 bridgehead atoms. The van der Waals surface area contributed by atoms with Gasteiger partial charge in [0, 0.05) is 0 Å². The molecule has 0 radical (unpaired) electrons. The average molecular weight is 164 g/mol. The SMILES string of the molecule is C/C=C(\C=C1CCCCC1)CC. The Morgan fingerprint density at radius 2 is 1.92 bits per heavy atom. The van der Waals surface area contributed by atoms with Gasteiger partial charge >= 0.3 is 0 Å². The quantitative estimate of drug-likeness (QED) is 0.573. The zero-order valence-corrected chi connectivity index (χ0v) is 8.40. The molecule has 0 heteroatoms. The van der Waals surface area contributed by atoms with Gasteiger partial charge in [-0.2, -0.15) is 0 Å². The van der Waals surface area contributed by atoms with E-state index in [1.165, 1.54) is 44.1 Å². The maximum atomic E-state index is 2.42.